The van der Waals surface area contributed by atoms with Crippen LogP contribution in [0.5, 0.6) is 0 Å². The van der Waals surface area contributed by atoms with Crippen molar-refractivity contribution in [1.82, 2.24) is 20.4 Å². The predicted molar refractivity (Wildman–Crippen MR) is 107 cm³/mol. The number of hydrogen-bond acceptors (Lipinski definition) is 5. The van der Waals surface area contributed by atoms with Crippen LogP contribution >= 0.6 is 0 Å². The molecule has 29 heavy (non-hydrogen) atoms. The summed E-state index contributed by atoms with van der Waals surface area (Å²) in [6.45, 7) is 4.55. The summed E-state index contributed by atoms with van der Waals surface area (Å²) in [4.78, 5) is 40.9. The van der Waals surface area contributed by atoms with Crippen molar-refractivity contribution in [1.29, 1.82) is 0 Å². The van der Waals surface area contributed by atoms with Gasteiger partial charge in [-0.3, -0.25) is 24.6 Å². The lowest BCUT2D eigenvalue weighted by Gasteiger charge is -2.44. The minimum absolute atomic E-state index is 0.0905. The van der Waals surface area contributed by atoms with Gasteiger partial charge in [0.05, 0.1) is 0 Å². The van der Waals surface area contributed by atoms with E-state index in [1.807, 2.05) is 12.1 Å². The van der Waals surface area contributed by atoms with E-state index < -0.39 is 6.04 Å². The number of likely N-dealkylation sites (tertiary alicyclic amines) is 1. The highest BCUT2D eigenvalue weighted by Gasteiger charge is 2.42. The van der Waals surface area contributed by atoms with E-state index in [0.29, 0.717) is 18.5 Å². The molecule has 1 aromatic rings. The Kier molecular flexibility index (Phi) is 4.67. The van der Waals surface area contributed by atoms with Gasteiger partial charge in [0.25, 0.3) is 5.91 Å². The van der Waals surface area contributed by atoms with Gasteiger partial charge < -0.3 is 10.2 Å². The zero-order valence-electron chi connectivity index (χ0n) is 16.7. The van der Waals surface area contributed by atoms with Crippen molar-refractivity contribution in [3.05, 3.63) is 34.9 Å². The molecule has 0 saturated carbocycles. The van der Waals surface area contributed by atoms with Gasteiger partial charge in [-0.15, -0.1) is 0 Å². The molecule has 3 saturated heterocycles. The highest BCUT2D eigenvalue weighted by atomic mass is 16.2. The topological polar surface area (TPSA) is 81.8 Å². The number of carbonyl (C=O) groups excluding carboxylic acids is 3. The second-order valence-electron chi connectivity index (χ2n) is 8.92. The number of amides is 3. The minimum atomic E-state index is -0.550. The highest BCUT2D eigenvalue weighted by Crippen LogP contribution is 2.35. The number of fused-ring (bicyclic) bond motifs is 1. The van der Waals surface area contributed by atoms with Gasteiger partial charge in [-0.1, -0.05) is 18.6 Å². The Morgan fingerprint density at radius 1 is 1.14 bits per heavy atom. The second-order valence-corrected chi connectivity index (χ2v) is 8.92. The average molecular weight is 396 g/mol. The summed E-state index contributed by atoms with van der Waals surface area (Å²) in [5.41, 5.74) is 3.11. The van der Waals surface area contributed by atoms with Crippen LogP contribution in [0.15, 0.2) is 18.2 Å². The lowest BCUT2D eigenvalue weighted by atomic mass is 9.85. The van der Waals surface area contributed by atoms with Crippen LogP contribution in [0.2, 0.25) is 0 Å². The third-order valence-electron chi connectivity index (χ3n) is 7.18. The standard InChI is InChI=1S/C22H28N4O3/c27-19-6-5-18(20(28)24-19)26-13-16-4-3-15(11-17(16)21(26)29)12-25-10-2-1-7-22(25)8-9-23-14-22/h3-4,11,18,23H,1-2,5-10,12-14H2,(H,24,27,28). The summed E-state index contributed by atoms with van der Waals surface area (Å²) in [6, 6.07) is 5.64. The number of carbonyl (C=O) groups is 3. The Hall–Kier alpha value is -2.25. The summed E-state index contributed by atoms with van der Waals surface area (Å²) in [5, 5.41) is 5.89. The van der Waals surface area contributed by atoms with Crippen LogP contribution in [0.25, 0.3) is 0 Å². The Morgan fingerprint density at radius 2 is 2.03 bits per heavy atom. The molecule has 4 heterocycles. The summed E-state index contributed by atoms with van der Waals surface area (Å²) >= 11 is 0. The van der Waals surface area contributed by atoms with Crippen LogP contribution < -0.4 is 10.6 Å². The first-order valence-electron chi connectivity index (χ1n) is 10.8. The lowest BCUT2D eigenvalue weighted by molar-refractivity contribution is -0.136. The first-order valence-corrected chi connectivity index (χ1v) is 10.8. The fourth-order valence-electron chi connectivity index (χ4n) is 5.53. The fraction of sp³-hybridized carbons (Fsp3) is 0.591. The number of piperidine rings is 2. The summed E-state index contributed by atoms with van der Waals surface area (Å²) in [6.07, 6.45) is 5.65. The van der Waals surface area contributed by atoms with E-state index in [1.54, 1.807) is 4.90 Å². The van der Waals surface area contributed by atoms with Gasteiger partial charge >= 0.3 is 0 Å². The highest BCUT2D eigenvalue weighted by molar-refractivity contribution is 6.05. The van der Waals surface area contributed by atoms with Crippen molar-refractivity contribution in [2.45, 2.75) is 63.2 Å². The van der Waals surface area contributed by atoms with E-state index in [0.717, 1.165) is 37.3 Å². The van der Waals surface area contributed by atoms with Crippen molar-refractivity contribution in [2.24, 2.45) is 0 Å². The number of nitrogens with one attached hydrogen (secondary N) is 2. The van der Waals surface area contributed by atoms with Gasteiger partial charge in [-0.25, -0.2) is 0 Å². The van der Waals surface area contributed by atoms with E-state index >= 15 is 0 Å². The molecule has 0 aliphatic carbocycles. The maximum absolute atomic E-state index is 13.1. The molecule has 1 spiro atoms. The van der Waals surface area contributed by atoms with E-state index in [4.69, 9.17) is 0 Å². The molecule has 2 atom stereocenters. The predicted octanol–water partition coefficient (Wildman–Crippen LogP) is 1.17. The molecule has 2 unspecified atom stereocenters. The normalized spacial score (nSPS) is 30.1. The van der Waals surface area contributed by atoms with Crippen molar-refractivity contribution in [3.63, 3.8) is 0 Å². The smallest absolute Gasteiger partial charge is 0.255 e. The Balaban J connectivity index is 1.34. The minimum Gasteiger partial charge on any atom is -0.322 e. The third-order valence-corrected chi connectivity index (χ3v) is 7.18. The zero-order chi connectivity index (χ0) is 20.0. The van der Waals surface area contributed by atoms with Crippen molar-refractivity contribution in [3.8, 4) is 0 Å². The van der Waals surface area contributed by atoms with Crippen molar-refractivity contribution in [2.75, 3.05) is 19.6 Å². The molecule has 0 aromatic heterocycles. The van der Waals surface area contributed by atoms with Crippen LogP contribution in [0.3, 0.4) is 0 Å². The molecule has 2 N–H and O–H groups in total. The Labute approximate surface area is 170 Å². The SMILES string of the molecule is O=C1CCC(N2Cc3ccc(CN4CCCCC45CCNC5)cc3C2=O)C(=O)N1. The van der Waals surface area contributed by atoms with Crippen LogP contribution in [0.4, 0.5) is 0 Å². The van der Waals surface area contributed by atoms with Gasteiger partial charge in [0, 0.05) is 37.2 Å². The van der Waals surface area contributed by atoms with Crippen molar-refractivity contribution >= 4 is 17.7 Å². The van der Waals surface area contributed by atoms with Crippen molar-refractivity contribution < 1.29 is 14.4 Å². The molecule has 4 aliphatic heterocycles. The van der Waals surface area contributed by atoms with E-state index in [1.165, 1.54) is 25.7 Å². The molecular formula is C22H28N4O3. The molecule has 7 nitrogen and oxygen atoms in total. The first kappa shape index (κ1) is 18.8. The molecule has 3 amide bonds. The van der Waals surface area contributed by atoms with E-state index in [2.05, 4.69) is 21.6 Å². The first-order chi connectivity index (χ1) is 14.1. The Morgan fingerprint density at radius 3 is 2.83 bits per heavy atom. The van der Waals surface area contributed by atoms with Gasteiger partial charge in [0.15, 0.2) is 0 Å². The second kappa shape index (κ2) is 7.22. The molecule has 0 bridgehead atoms. The van der Waals surface area contributed by atoms with E-state index in [9.17, 15) is 14.4 Å². The van der Waals surface area contributed by atoms with Gasteiger partial charge in [-0.05, 0) is 56.0 Å². The average Bonchev–Trinajstić information content (AvgIpc) is 3.30. The molecule has 154 valence electrons. The number of nitrogens with zero attached hydrogens (tertiary/aromatic N) is 2. The fourth-order valence-corrected chi connectivity index (χ4v) is 5.53. The third kappa shape index (κ3) is 3.26. The zero-order valence-corrected chi connectivity index (χ0v) is 16.7. The summed E-state index contributed by atoms with van der Waals surface area (Å²) in [7, 11) is 0. The maximum atomic E-state index is 13.1. The van der Waals surface area contributed by atoms with Gasteiger partial charge in [0.2, 0.25) is 11.8 Å². The largest absolute Gasteiger partial charge is 0.322 e. The van der Waals surface area contributed by atoms with Crippen LogP contribution in [-0.2, 0) is 22.7 Å². The molecule has 1 aromatic carbocycles. The lowest BCUT2D eigenvalue weighted by Crippen LogP contribution is -2.52. The van der Waals surface area contributed by atoms with Crippen LogP contribution in [0.1, 0.15) is 60.0 Å². The number of imide groups is 1. The quantitative estimate of drug-likeness (QED) is 0.750. The number of hydrogen-bond donors (Lipinski definition) is 2. The molecule has 3 fully saturated rings. The summed E-state index contributed by atoms with van der Waals surface area (Å²) in [5.74, 6) is -0.701. The number of rotatable bonds is 3. The maximum Gasteiger partial charge on any atom is 0.255 e. The van der Waals surface area contributed by atoms with Gasteiger partial charge in [-0.2, -0.15) is 0 Å². The van der Waals surface area contributed by atoms with Gasteiger partial charge in [0.1, 0.15) is 6.04 Å². The van der Waals surface area contributed by atoms with Crippen LogP contribution in [0, 0.1) is 0 Å². The Bertz CT molecular complexity index is 862. The van der Waals surface area contributed by atoms with Crippen LogP contribution in [-0.4, -0.2) is 58.7 Å². The molecule has 4 aliphatic rings. The molecule has 5 rings (SSSR count). The molecule has 7 heteroatoms. The monoisotopic (exact) mass is 396 g/mol. The van der Waals surface area contributed by atoms with E-state index in [-0.39, 0.29) is 29.7 Å². The molecule has 0 radical (unpaired) electrons. The molecular weight excluding hydrogens is 368 g/mol. The number of benzene rings is 1. The summed E-state index contributed by atoms with van der Waals surface area (Å²) < 4.78 is 0.